The number of pyridine rings is 1. The van der Waals surface area contributed by atoms with Gasteiger partial charge in [0.1, 0.15) is 0 Å². The summed E-state index contributed by atoms with van der Waals surface area (Å²) in [7, 11) is 0. The second-order valence-corrected chi connectivity index (χ2v) is 6.22. The third-order valence-electron chi connectivity index (χ3n) is 4.50. The van der Waals surface area contributed by atoms with E-state index >= 15 is 0 Å². The monoisotopic (exact) mass is 360 g/mol. The van der Waals surface area contributed by atoms with Gasteiger partial charge in [0, 0.05) is 53.7 Å². The van der Waals surface area contributed by atoms with E-state index in [-0.39, 0.29) is 11.6 Å². The molecule has 4 rings (SSSR count). The van der Waals surface area contributed by atoms with Crippen LogP contribution in [0.4, 0.5) is 22.7 Å². The molecular weight excluding hydrogens is 344 g/mol. The normalized spacial score (nSPS) is 12.5. The van der Waals surface area contributed by atoms with E-state index in [4.69, 9.17) is 0 Å². The Morgan fingerprint density at radius 3 is 2.67 bits per heavy atom. The number of fused-ring (bicyclic) bond motifs is 1. The number of nitrogens with zero attached hydrogens (tertiary/aromatic N) is 3. The van der Waals surface area contributed by atoms with Crippen molar-refractivity contribution in [3.63, 3.8) is 0 Å². The average molecular weight is 360 g/mol. The summed E-state index contributed by atoms with van der Waals surface area (Å²) < 4.78 is 0. The number of amides is 1. The number of aromatic nitrogens is 1. The van der Waals surface area contributed by atoms with Crippen molar-refractivity contribution in [1.29, 1.82) is 0 Å². The zero-order chi connectivity index (χ0) is 18.8. The lowest BCUT2D eigenvalue weighted by Gasteiger charge is -2.18. The minimum Gasteiger partial charge on any atom is -0.355 e. The second kappa shape index (κ2) is 6.87. The summed E-state index contributed by atoms with van der Waals surface area (Å²) in [5.74, 6) is -0.237. The van der Waals surface area contributed by atoms with Crippen molar-refractivity contribution in [3.8, 4) is 0 Å². The molecule has 3 aromatic rings. The number of nitro groups is 1. The molecule has 1 amide bonds. The van der Waals surface area contributed by atoms with Crippen LogP contribution < -0.4 is 10.2 Å². The fourth-order valence-corrected chi connectivity index (χ4v) is 3.18. The van der Waals surface area contributed by atoms with Gasteiger partial charge in [-0.25, -0.2) is 0 Å². The topological polar surface area (TPSA) is 88.4 Å². The van der Waals surface area contributed by atoms with E-state index in [1.807, 2.05) is 30.3 Å². The highest BCUT2D eigenvalue weighted by atomic mass is 16.6. The van der Waals surface area contributed by atoms with Crippen LogP contribution in [0.15, 0.2) is 67.0 Å². The summed E-state index contributed by atoms with van der Waals surface area (Å²) in [5.41, 5.74) is 3.88. The average Bonchev–Trinajstić information content (AvgIpc) is 3.11. The van der Waals surface area contributed by atoms with Crippen LogP contribution in [0.3, 0.4) is 0 Å². The van der Waals surface area contributed by atoms with Gasteiger partial charge in [0.2, 0.25) is 0 Å². The standard InChI is InChI=1S/C20H16N4O3/c25-20(15-2-1-3-18(12-15)24(26)27)23-11-8-14-4-5-17(13-19(14)23)22-16-6-9-21-10-7-16/h1-7,9-10,12-13H,8,11H2,(H,21,22). The summed E-state index contributed by atoms with van der Waals surface area (Å²) >= 11 is 0. The largest absolute Gasteiger partial charge is 0.355 e. The molecule has 0 spiro atoms. The van der Waals surface area contributed by atoms with E-state index in [0.29, 0.717) is 12.1 Å². The summed E-state index contributed by atoms with van der Waals surface area (Å²) in [6, 6.07) is 15.5. The van der Waals surface area contributed by atoms with E-state index in [9.17, 15) is 14.9 Å². The molecule has 1 aliphatic rings. The molecule has 27 heavy (non-hydrogen) atoms. The molecule has 134 valence electrons. The number of benzene rings is 2. The Labute approximate surface area is 155 Å². The zero-order valence-electron chi connectivity index (χ0n) is 14.3. The molecule has 0 unspecified atom stereocenters. The van der Waals surface area contributed by atoms with Gasteiger partial charge in [-0.1, -0.05) is 12.1 Å². The van der Waals surface area contributed by atoms with E-state index in [2.05, 4.69) is 10.3 Å². The second-order valence-electron chi connectivity index (χ2n) is 6.22. The van der Waals surface area contributed by atoms with E-state index in [1.54, 1.807) is 23.4 Å². The van der Waals surface area contributed by atoms with E-state index in [0.717, 1.165) is 29.0 Å². The van der Waals surface area contributed by atoms with Crippen LogP contribution in [0.25, 0.3) is 0 Å². The molecule has 0 bridgehead atoms. The maximum absolute atomic E-state index is 12.9. The Hall–Kier alpha value is -3.74. The fourth-order valence-electron chi connectivity index (χ4n) is 3.18. The lowest BCUT2D eigenvalue weighted by Crippen LogP contribution is -2.28. The third-order valence-corrected chi connectivity index (χ3v) is 4.50. The molecular formula is C20H16N4O3. The van der Waals surface area contributed by atoms with Gasteiger partial charge in [0.05, 0.1) is 4.92 Å². The van der Waals surface area contributed by atoms with Gasteiger partial charge in [0.25, 0.3) is 11.6 Å². The smallest absolute Gasteiger partial charge is 0.270 e. The number of nitrogens with one attached hydrogen (secondary N) is 1. The Bertz CT molecular complexity index is 1020. The molecule has 0 saturated heterocycles. The third kappa shape index (κ3) is 3.35. The predicted octanol–water partition coefficient (Wildman–Crippen LogP) is 3.94. The van der Waals surface area contributed by atoms with Crippen LogP contribution >= 0.6 is 0 Å². The molecule has 7 heteroatoms. The maximum Gasteiger partial charge on any atom is 0.270 e. The van der Waals surface area contributed by atoms with Gasteiger partial charge in [-0.15, -0.1) is 0 Å². The first-order valence-corrected chi connectivity index (χ1v) is 8.48. The van der Waals surface area contributed by atoms with E-state index < -0.39 is 4.92 Å². The Morgan fingerprint density at radius 1 is 1.07 bits per heavy atom. The molecule has 0 fully saturated rings. The number of hydrogen-bond donors (Lipinski definition) is 1. The summed E-state index contributed by atoms with van der Waals surface area (Å²) in [6.45, 7) is 0.551. The van der Waals surface area contributed by atoms with Crippen LogP contribution in [0.5, 0.6) is 0 Å². The van der Waals surface area contributed by atoms with Crippen LogP contribution in [0, 0.1) is 10.1 Å². The first kappa shape index (κ1) is 16.7. The van der Waals surface area contributed by atoms with Gasteiger partial charge < -0.3 is 10.2 Å². The summed E-state index contributed by atoms with van der Waals surface area (Å²) in [6.07, 6.45) is 4.16. The fraction of sp³-hybridized carbons (Fsp3) is 0.100. The number of carbonyl (C=O) groups excluding carboxylic acids is 1. The van der Waals surface area contributed by atoms with Crippen molar-refractivity contribution < 1.29 is 9.72 Å². The van der Waals surface area contributed by atoms with Gasteiger partial charge in [-0.3, -0.25) is 19.9 Å². The lowest BCUT2D eigenvalue weighted by atomic mass is 10.1. The molecule has 2 heterocycles. The lowest BCUT2D eigenvalue weighted by molar-refractivity contribution is -0.384. The zero-order valence-corrected chi connectivity index (χ0v) is 14.3. The van der Waals surface area contributed by atoms with Crippen molar-refractivity contribution in [1.82, 2.24) is 4.98 Å². The number of nitro benzene ring substituents is 1. The molecule has 0 aliphatic carbocycles. The molecule has 1 N–H and O–H groups in total. The highest BCUT2D eigenvalue weighted by molar-refractivity contribution is 6.07. The quantitative estimate of drug-likeness (QED) is 0.562. The van der Waals surface area contributed by atoms with Crippen molar-refractivity contribution in [2.45, 2.75) is 6.42 Å². The first-order chi connectivity index (χ1) is 13.1. The molecule has 1 aromatic heterocycles. The van der Waals surface area contributed by atoms with Crippen LogP contribution in [0.1, 0.15) is 15.9 Å². The maximum atomic E-state index is 12.9. The molecule has 0 atom stereocenters. The van der Waals surface area contributed by atoms with Gasteiger partial charge >= 0.3 is 0 Å². The minimum absolute atomic E-state index is 0.0895. The van der Waals surface area contributed by atoms with Crippen molar-refractivity contribution in [3.05, 3.63) is 88.2 Å². The van der Waals surface area contributed by atoms with Crippen LogP contribution in [-0.4, -0.2) is 22.4 Å². The van der Waals surface area contributed by atoms with Gasteiger partial charge in [0.15, 0.2) is 0 Å². The van der Waals surface area contributed by atoms with Crippen molar-refractivity contribution >= 4 is 28.7 Å². The number of rotatable bonds is 4. The number of carbonyl (C=O) groups is 1. The molecule has 7 nitrogen and oxygen atoms in total. The molecule has 1 aliphatic heterocycles. The van der Waals surface area contributed by atoms with Crippen LogP contribution in [0.2, 0.25) is 0 Å². The predicted molar refractivity (Wildman–Crippen MR) is 102 cm³/mol. The minimum atomic E-state index is -0.495. The highest BCUT2D eigenvalue weighted by Crippen LogP contribution is 2.33. The number of non-ortho nitro benzene ring substituents is 1. The SMILES string of the molecule is O=C(c1cccc([N+](=O)[O-])c1)N1CCc2ccc(Nc3ccncc3)cc21. The summed E-state index contributed by atoms with van der Waals surface area (Å²) in [4.78, 5) is 29.1. The Morgan fingerprint density at radius 2 is 1.89 bits per heavy atom. The number of anilines is 3. The van der Waals surface area contributed by atoms with Crippen LogP contribution in [-0.2, 0) is 6.42 Å². The number of hydrogen-bond acceptors (Lipinski definition) is 5. The van der Waals surface area contributed by atoms with Crippen molar-refractivity contribution in [2.75, 3.05) is 16.8 Å². The van der Waals surface area contributed by atoms with Crippen molar-refractivity contribution in [2.24, 2.45) is 0 Å². The van der Waals surface area contributed by atoms with E-state index in [1.165, 1.54) is 18.2 Å². The van der Waals surface area contributed by atoms with Gasteiger partial charge in [-0.2, -0.15) is 0 Å². The highest BCUT2D eigenvalue weighted by Gasteiger charge is 2.26. The molecule has 2 aromatic carbocycles. The molecule has 0 radical (unpaired) electrons. The first-order valence-electron chi connectivity index (χ1n) is 8.48. The van der Waals surface area contributed by atoms with Gasteiger partial charge in [-0.05, 0) is 42.3 Å². The molecule has 0 saturated carbocycles. The Balaban J connectivity index is 1.62. The summed E-state index contributed by atoms with van der Waals surface area (Å²) in [5, 5.41) is 14.3. The Kier molecular flexibility index (Phi) is 4.25.